The molecular formula is C48H61N3O8S2. The van der Waals surface area contributed by atoms with E-state index in [9.17, 15) is 29.7 Å². The highest BCUT2D eigenvalue weighted by Gasteiger charge is 2.41. The van der Waals surface area contributed by atoms with E-state index in [2.05, 4.69) is 10.2 Å². The number of carbonyl (C=O) groups excluding carboxylic acids is 3. The van der Waals surface area contributed by atoms with Crippen molar-refractivity contribution in [1.82, 2.24) is 15.1 Å². The van der Waals surface area contributed by atoms with Crippen molar-refractivity contribution in [2.45, 2.75) is 75.7 Å². The third-order valence-corrected chi connectivity index (χ3v) is 14.1. The number of carbonyl (C=O) groups is 3. The number of hydrogen-bond donors (Lipinski definition) is 4. The molecule has 328 valence electrons. The Kier molecular flexibility index (Phi) is 18.1. The molecule has 1 saturated heterocycles. The van der Waals surface area contributed by atoms with Gasteiger partial charge in [-0.15, -0.1) is 0 Å². The first-order valence-corrected chi connectivity index (χ1v) is 23.5. The summed E-state index contributed by atoms with van der Waals surface area (Å²) in [5.74, 6) is 0.582. The van der Waals surface area contributed by atoms with E-state index in [4.69, 9.17) is 9.47 Å². The van der Waals surface area contributed by atoms with Crippen LogP contribution in [0.1, 0.15) is 86.5 Å². The molecule has 13 heteroatoms. The predicted octanol–water partition coefficient (Wildman–Crippen LogP) is 8.25. The van der Waals surface area contributed by atoms with E-state index in [0.717, 1.165) is 61.2 Å². The molecule has 1 fully saturated rings. The number of ether oxygens (including phenoxy) is 2. The van der Waals surface area contributed by atoms with Crippen LogP contribution in [0.25, 0.3) is 0 Å². The van der Waals surface area contributed by atoms with Gasteiger partial charge < -0.3 is 34.6 Å². The number of aliphatic hydroxyl groups is 3. The number of rotatable bonds is 20. The van der Waals surface area contributed by atoms with E-state index < -0.39 is 47.4 Å². The maximum atomic E-state index is 13.1. The number of likely N-dealkylation sites (tertiary alicyclic amines) is 1. The minimum absolute atomic E-state index is 0.0887. The van der Waals surface area contributed by atoms with Crippen molar-refractivity contribution in [3.63, 3.8) is 0 Å². The van der Waals surface area contributed by atoms with Gasteiger partial charge in [-0.1, -0.05) is 137 Å². The second-order valence-corrected chi connectivity index (χ2v) is 18.8. The van der Waals surface area contributed by atoms with Gasteiger partial charge in [0.1, 0.15) is 18.8 Å². The number of amides is 3. The molecule has 4 aromatic carbocycles. The number of imide groups is 1. The zero-order chi connectivity index (χ0) is 43.8. The Morgan fingerprint density at radius 3 is 1.85 bits per heavy atom. The van der Waals surface area contributed by atoms with E-state index in [1.54, 1.807) is 27.8 Å². The minimum Gasteiger partial charge on any atom is -0.449 e. The molecule has 11 nitrogen and oxygen atoms in total. The fraction of sp³-hybridized carbons (Fsp3) is 0.438. The molecule has 61 heavy (non-hydrogen) atoms. The molecule has 0 aromatic heterocycles. The highest BCUT2D eigenvalue weighted by molar-refractivity contribution is 8.76. The van der Waals surface area contributed by atoms with Gasteiger partial charge in [0.15, 0.2) is 0 Å². The SMILES string of the molecule is C[C@@H]([C@@H](O)c1ccccc1)N(C)C(=O)OCCSSCCOC(=O)NC(=O)C(C)(C)c1ccc(C(O)CCCN2CCC(C(O)(c3ccccc3)c3ccccc3)CC2)cc1. The largest absolute Gasteiger partial charge is 0.449 e. The van der Waals surface area contributed by atoms with Gasteiger partial charge >= 0.3 is 12.2 Å². The summed E-state index contributed by atoms with van der Waals surface area (Å²) in [4.78, 5) is 41.8. The molecule has 0 saturated carbocycles. The lowest BCUT2D eigenvalue weighted by Crippen LogP contribution is -2.44. The van der Waals surface area contributed by atoms with Gasteiger partial charge in [-0.05, 0) is 99.8 Å². The summed E-state index contributed by atoms with van der Waals surface area (Å²) in [5.41, 5.74) is 1.95. The lowest BCUT2D eigenvalue weighted by atomic mass is 9.72. The molecule has 1 aliphatic heterocycles. The lowest BCUT2D eigenvalue weighted by molar-refractivity contribution is -0.125. The summed E-state index contributed by atoms with van der Waals surface area (Å²) in [7, 11) is 4.50. The first kappa shape index (κ1) is 47.7. The smallest absolute Gasteiger partial charge is 0.413 e. The highest BCUT2D eigenvalue weighted by atomic mass is 33.1. The molecule has 1 heterocycles. The van der Waals surface area contributed by atoms with Crippen molar-refractivity contribution >= 4 is 39.7 Å². The second-order valence-electron chi connectivity index (χ2n) is 16.1. The minimum atomic E-state index is -1.05. The van der Waals surface area contributed by atoms with E-state index in [0.29, 0.717) is 23.5 Å². The summed E-state index contributed by atoms with van der Waals surface area (Å²) >= 11 is 0. The van der Waals surface area contributed by atoms with Crippen molar-refractivity contribution in [3.8, 4) is 0 Å². The van der Waals surface area contributed by atoms with E-state index in [-0.39, 0.29) is 19.1 Å². The maximum Gasteiger partial charge on any atom is 0.413 e. The zero-order valence-corrected chi connectivity index (χ0v) is 37.3. The number of nitrogens with zero attached hydrogens (tertiary/aromatic N) is 2. The van der Waals surface area contributed by atoms with Crippen LogP contribution < -0.4 is 5.32 Å². The van der Waals surface area contributed by atoms with Gasteiger partial charge in [0.05, 0.1) is 23.7 Å². The number of piperidine rings is 1. The second kappa shape index (κ2) is 23.2. The Morgan fingerprint density at radius 1 is 0.770 bits per heavy atom. The number of aliphatic hydroxyl groups excluding tert-OH is 2. The number of hydrogen-bond acceptors (Lipinski definition) is 11. The summed E-state index contributed by atoms with van der Waals surface area (Å²) in [6.07, 6.45) is 0.306. The summed E-state index contributed by atoms with van der Waals surface area (Å²) in [6, 6.07) is 35.9. The quantitative estimate of drug-likeness (QED) is 0.0503. The van der Waals surface area contributed by atoms with Gasteiger partial charge in [0, 0.05) is 18.6 Å². The average Bonchev–Trinajstić information content (AvgIpc) is 3.29. The molecule has 3 amide bonds. The lowest BCUT2D eigenvalue weighted by Gasteiger charge is -2.42. The molecule has 4 N–H and O–H groups in total. The average molecular weight is 872 g/mol. The molecule has 3 atom stereocenters. The molecule has 4 aromatic rings. The van der Waals surface area contributed by atoms with Crippen LogP contribution >= 0.6 is 21.6 Å². The van der Waals surface area contributed by atoms with E-state index >= 15 is 0 Å². The standard InChI is InChI=1S/C48H61N3O8S2/c1-35(43(53)37-15-8-5-9-16-37)50(4)46(56)59-32-34-61-60-33-31-58-45(55)49-44(54)47(2,3)38-24-22-36(23-25-38)42(52)21-14-28-51-29-26-41(27-30-51)48(57,39-17-10-6-11-18-39)40-19-12-7-13-20-40/h5-13,15-20,22-25,35,41-43,52-53,57H,14,21,26-34H2,1-4H3,(H,49,54,55)/t35-,42?,43+/m0/s1. The van der Waals surface area contributed by atoms with Gasteiger partial charge in [-0.25, -0.2) is 9.59 Å². The maximum absolute atomic E-state index is 13.1. The fourth-order valence-electron chi connectivity index (χ4n) is 7.67. The number of nitrogens with one attached hydrogen (secondary N) is 1. The van der Waals surface area contributed by atoms with Crippen LogP contribution in [-0.2, 0) is 25.3 Å². The van der Waals surface area contributed by atoms with Crippen LogP contribution in [0.3, 0.4) is 0 Å². The normalized spacial score (nSPS) is 15.3. The molecule has 0 spiro atoms. The predicted molar refractivity (Wildman–Crippen MR) is 243 cm³/mol. The Labute approximate surface area is 368 Å². The number of alkyl carbamates (subject to hydrolysis) is 1. The third-order valence-electron chi connectivity index (χ3n) is 11.7. The Balaban J connectivity index is 0.952. The topological polar surface area (TPSA) is 149 Å². The molecule has 5 rings (SSSR count). The first-order chi connectivity index (χ1) is 29.3. The van der Waals surface area contributed by atoms with Gasteiger partial charge in [-0.3, -0.25) is 10.1 Å². The Morgan fingerprint density at radius 2 is 1.30 bits per heavy atom. The number of likely N-dealkylation sites (N-methyl/N-ethyl adjacent to an activating group) is 1. The molecule has 1 unspecified atom stereocenters. The van der Waals surface area contributed by atoms with Crippen LogP contribution in [0, 0.1) is 5.92 Å². The Bertz CT molecular complexity index is 1910. The number of benzene rings is 4. The molecule has 1 aliphatic rings. The Hall–Kier alpha value is -4.37. The van der Waals surface area contributed by atoms with Gasteiger partial charge in [0.2, 0.25) is 5.91 Å². The molecule has 0 bridgehead atoms. The van der Waals surface area contributed by atoms with Crippen molar-refractivity contribution in [2.24, 2.45) is 5.92 Å². The van der Waals surface area contributed by atoms with Crippen LogP contribution in [0.2, 0.25) is 0 Å². The zero-order valence-electron chi connectivity index (χ0n) is 35.7. The van der Waals surface area contributed by atoms with Crippen molar-refractivity contribution in [2.75, 3.05) is 51.4 Å². The van der Waals surface area contributed by atoms with Crippen LogP contribution in [-0.4, -0.2) is 101 Å². The summed E-state index contributed by atoms with van der Waals surface area (Å²) in [6.45, 7) is 8.10. The first-order valence-electron chi connectivity index (χ1n) is 21.0. The van der Waals surface area contributed by atoms with Crippen LogP contribution in [0.15, 0.2) is 115 Å². The van der Waals surface area contributed by atoms with Gasteiger partial charge in [0.25, 0.3) is 0 Å². The van der Waals surface area contributed by atoms with Gasteiger partial charge in [-0.2, -0.15) is 0 Å². The third kappa shape index (κ3) is 13.1. The summed E-state index contributed by atoms with van der Waals surface area (Å²) in [5, 5.41) is 36.1. The molecule has 0 radical (unpaired) electrons. The van der Waals surface area contributed by atoms with E-state index in [1.807, 2.05) is 115 Å². The summed E-state index contributed by atoms with van der Waals surface area (Å²) < 4.78 is 10.6. The van der Waals surface area contributed by atoms with Crippen molar-refractivity contribution < 1.29 is 39.2 Å². The molecular weight excluding hydrogens is 811 g/mol. The highest BCUT2D eigenvalue weighted by Crippen LogP contribution is 2.42. The van der Waals surface area contributed by atoms with Crippen LogP contribution in [0.4, 0.5) is 9.59 Å². The monoisotopic (exact) mass is 871 g/mol. The van der Waals surface area contributed by atoms with Crippen molar-refractivity contribution in [3.05, 3.63) is 143 Å². The van der Waals surface area contributed by atoms with E-state index in [1.165, 1.54) is 26.5 Å². The molecule has 0 aliphatic carbocycles. The fourth-order valence-corrected chi connectivity index (χ4v) is 9.32. The van der Waals surface area contributed by atoms with Crippen molar-refractivity contribution in [1.29, 1.82) is 0 Å². The van der Waals surface area contributed by atoms with Crippen LogP contribution in [0.5, 0.6) is 0 Å².